The minimum absolute atomic E-state index is 0.252. The van der Waals surface area contributed by atoms with Gasteiger partial charge in [0, 0.05) is 19.2 Å². The molecule has 1 fully saturated rings. The molecule has 5 nitrogen and oxygen atoms in total. The van der Waals surface area contributed by atoms with Gasteiger partial charge in [0.1, 0.15) is 18.0 Å². The first-order chi connectivity index (χ1) is 7.79. The Balaban J connectivity index is 1.85. The number of rotatable bonds is 6. The average molecular weight is 222 g/mol. The molecule has 1 unspecified atom stereocenters. The predicted molar refractivity (Wildman–Crippen MR) is 63.4 cm³/mol. The summed E-state index contributed by atoms with van der Waals surface area (Å²) in [5, 5.41) is 15.9. The highest BCUT2D eigenvalue weighted by atomic mass is 16.3. The van der Waals surface area contributed by atoms with Crippen molar-refractivity contribution in [1.29, 1.82) is 0 Å². The van der Waals surface area contributed by atoms with Crippen LogP contribution in [0.4, 0.5) is 11.6 Å². The minimum atomic E-state index is -0.252. The molecule has 5 heteroatoms. The fraction of sp³-hybridized carbons (Fsp3) is 0.636. The van der Waals surface area contributed by atoms with Gasteiger partial charge in [-0.2, -0.15) is 0 Å². The van der Waals surface area contributed by atoms with Gasteiger partial charge in [-0.25, -0.2) is 9.97 Å². The molecule has 1 saturated carbocycles. The van der Waals surface area contributed by atoms with E-state index in [1.54, 1.807) is 0 Å². The van der Waals surface area contributed by atoms with Gasteiger partial charge in [-0.15, -0.1) is 0 Å². The van der Waals surface area contributed by atoms with E-state index in [1.165, 1.54) is 6.33 Å². The van der Waals surface area contributed by atoms with E-state index < -0.39 is 0 Å². The lowest BCUT2D eigenvalue weighted by Crippen LogP contribution is -2.21. The molecule has 1 aromatic heterocycles. The molecule has 0 aromatic carbocycles. The van der Waals surface area contributed by atoms with Gasteiger partial charge in [-0.3, -0.25) is 0 Å². The van der Waals surface area contributed by atoms with Crippen LogP contribution in [0, 0.1) is 5.92 Å². The van der Waals surface area contributed by atoms with E-state index in [0.717, 1.165) is 31.0 Å². The van der Waals surface area contributed by atoms with Crippen LogP contribution in [0.1, 0.15) is 19.8 Å². The molecule has 0 bridgehead atoms. The van der Waals surface area contributed by atoms with Crippen molar-refractivity contribution in [3.05, 3.63) is 12.4 Å². The van der Waals surface area contributed by atoms with Crippen LogP contribution in [0.3, 0.4) is 0 Å². The van der Waals surface area contributed by atoms with Gasteiger partial charge in [-0.1, -0.05) is 0 Å². The molecule has 1 atom stereocenters. The van der Waals surface area contributed by atoms with Crippen LogP contribution in [0.5, 0.6) is 0 Å². The molecular formula is C11H18N4O. The second-order valence-electron chi connectivity index (χ2n) is 4.10. The van der Waals surface area contributed by atoms with Crippen LogP contribution in [-0.4, -0.2) is 34.3 Å². The van der Waals surface area contributed by atoms with E-state index in [1.807, 2.05) is 13.0 Å². The molecule has 88 valence electrons. The zero-order chi connectivity index (χ0) is 11.4. The van der Waals surface area contributed by atoms with Crippen molar-refractivity contribution >= 4 is 11.6 Å². The third-order valence-electron chi connectivity index (χ3n) is 2.68. The Morgan fingerprint density at radius 3 is 2.69 bits per heavy atom. The number of aliphatic hydroxyl groups is 1. The second kappa shape index (κ2) is 5.12. The highest BCUT2D eigenvalue weighted by molar-refractivity contribution is 5.46. The van der Waals surface area contributed by atoms with Crippen molar-refractivity contribution in [2.24, 2.45) is 5.92 Å². The lowest BCUT2D eigenvalue weighted by atomic mass is 10.2. The number of anilines is 2. The predicted octanol–water partition coefficient (Wildman–Crippen LogP) is 1.09. The van der Waals surface area contributed by atoms with Crippen LogP contribution in [-0.2, 0) is 0 Å². The molecule has 2 rings (SSSR count). The zero-order valence-corrected chi connectivity index (χ0v) is 9.48. The monoisotopic (exact) mass is 222 g/mol. The molecule has 1 aliphatic rings. The van der Waals surface area contributed by atoms with Gasteiger partial charge in [-0.05, 0) is 25.7 Å². The summed E-state index contributed by atoms with van der Waals surface area (Å²) in [4.78, 5) is 8.18. The largest absolute Gasteiger partial charge is 0.391 e. The number of hydrogen-bond donors (Lipinski definition) is 3. The first kappa shape index (κ1) is 11.1. The first-order valence-corrected chi connectivity index (χ1v) is 5.77. The van der Waals surface area contributed by atoms with Crippen LogP contribution in [0.15, 0.2) is 12.4 Å². The number of nitrogens with one attached hydrogen (secondary N) is 2. The van der Waals surface area contributed by atoms with Crippen molar-refractivity contribution < 1.29 is 5.11 Å². The summed E-state index contributed by atoms with van der Waals surface area (Å²) in [5.74, 6) is 2.05. The summed E-state index contributed by atoms with van der Waals surface area (Å²) in [6.07, 6.45) is 3.56. The Morgan fingerprint density at radius 2 is 2.06 bits per heavy atom. The van der Waals surface area contributed by atoms with E-state index in [2.05, 4.69) is 20.6 Å². The SMILES string of the molecule is CCNc1cc(NCC(O)C2CC2)ncn1. The van der Waals surface area contributed by atoms with Crippen LogP contribution >= 0.6 is 0 Å². The normalized spacial score (nSPS) is 16.9. The molecule has 0 aliphatic heterocycles. The molecule has 16 heavy (non-hydrogen) atoms. The van der Waals surface area contributed by atoms with E-state index in [4.69, 9.17) is 0 Å². The Hall–Kier alpha value is -1.36. The summed E-state index contributed by atoms with van der Waals surface area (Å²) in [6.45, 7) is 3.42. The smallest absolute Gasteiger partial charge is 0.131 e. The summed E-state index contributed by atoms with van der Waals surface area (Å²) in [5.41, 5.74) is 0. The molecule has 1 heterocycles. The summed E-state index contributed by atoms with van der Waals surface area (Å²) in [7, 11) is 0. The summed E-state index contributed by atoms with van der Waals surface area (Å²) >= 11 is 0. The van der Waals surface area contributed by atoms with Crippen molar-refractivity contribution in [3.63, 3.8) is 0 Å². The number of aromatic nitrogens is 2. The van der Waals surface area contributed by atoms with Gasteiger partial charge in [0.05, 0.1) is 6.10 Å². The highest BCUT2D eigenvalue weighted by Crippen LogP contribution is 2.32. The maximum atomic E-state index is 9.70. The lowest BCUT2D eigenvalue weighted by molar-refractivity contribution is 0.164. The Bertz CT molecular complexity index is 341. The molecular weight excluding hydrogens is 204 g/mol. The van der Waals surface area contributed by atoms with Crippen LogP contribution < -0.4 is 10.6 Å². The molecule has 1 aliphatic carbocycles. The van der Waals surface area contributed by atoms with Crippen molar-refractivity contribution in [1.82, 2.24) is 9.97 Å². The first-order valence-electron chi connectivity index (χ1n) is 5.77. The maximum absolute atomic E-state index is 9.70. The number of nitrogens with zero attached hydrogens (tertiary/aromatic N) is 2. The van der Waals surface area contributed by atoms with E-state index >= 15 is 0 Å². The van der Waals surface area contributed by atoms with E-state index in [-0.39, 0.29) is 6.10 Å². The van der Waals surface area contributed by atoms with Gasteiger partial charge < -0.3 is 15.7 Å². The Kier molecular flexibility index (Phi) is 3.56. The van der Waals surface area contributed by atoms with Crippen molar-refractivity contribution in [2.75, 3.05) is 23.7 Å². The van der Waals surface area contributed by atoms with Crippen molar-refractivity contribution in [3.8, 4) is 0 Å². The topological polar surface area (TPSA) is 70.1 Å². The molecule has 1 aromatic rings. The molecule has 0 saturated heterocycles. The Labute approximate surface area is 95.3 Å². The fourth-order valence-electron chi connectivity index (χ4n) is 1.59. The average Bonchev–Trinajstić information content (AvgIpc) is 3.11. The lowest BCUT2D eigenvalue weighted by Gasteiger charge is -2.11. The van der Waals surface area contributed by atoms with E-state index in [0.29, 0.717) is 12.5 Å². The van der Waals surface area contributed by atoms with Crippen LogP contribution in [0.2, 0.25) is 0 Å². The van der Waals surface area contributed by atoms with Crippen LogP contribution in [0.25, 0.3) is 0 Å². The fourth-order valence-corrected chi connectivity index (χ4v) is 1.59. The Morgan fingerprint density at radius 1 is 1.38 bits per heavy atom. The molecule has 0 amide bonds. The quantitative estimate of drug-likeness (QED) is 0.672. The number of aliphatic hydroxyl groups excluding tert-OH is 1. The minimum Gasteiger partial charge on any atom is -0.391 e. The summed E-state index contributed by atoms with van der Waals surface area (Å²) in [6, 6.07) is 1.85. The third-order valence-corrected chi connectivity index (χ3v) is 2.68. The number of hydrogen-bond acceptors (Lipinski definition) is 5. The summed E-state index contributed by atoms with van der Waals surface area (Å²) < 4.78 is 0. The molecule has 0 radical (unpaired) electrons. The van der Waals surface area contributed by atoms with Gasteiger partial charge in [0.15, 0.2) is 0 Å². The second-order valence-corrected chi connectivity index (χ2v) is 4.10. The molecule has 3 N–H and O–H groups in total. The third kappa shape index (κ3) is 3.06. The van der Waals surface area contributed by atoms with Gasteiger partial charge >= 0.3 is 0 Å². The standard InChI is InChI=1S/C11H18N4O/c1-2-12-10-5-11(15-7-14-10)13-6-9(16)8-3-4-8/h5,7-9,16H,2-4,6H2,1H3,(H2,12,13,14,15). The maximum Gasteiger partial charge on any atom is 0.131 e. The van der Waals surface area contributed by atoms with Gasteiger partial charge in [0.25, 0.3) is 0 Å². The van der Waals surface area contributed by atoms with Crippen molar-refractivity contribution in [2.45, 2.75) is 25.9 Å². The van der Waals surface area contributed by atoms with E-state index in [9.17, 15) is 5.11 Å². The highest BCUT2D eigenvalue weighted by Gasteiger charge is 2.29. The van der Waals surface area contributed by atoms with Gasteiger partial charge in [0.2, 0.25) is 0 Å². The zero-order valence-electron chi connectivity index (χ0n) is 9.48. The molecule has 0 spiro atoms.